The summed E-state index contributed by atoms with van der Waals surface area (Å²) in [4.78, 5) is 30.7. The molecule has 174 valence electrons. The van der Waals surface area contributed by atoms with E-state index >= 15 is 0 Å². The van der Waals surface area contributed by atoms with Crippen molar-refractivity contribution in [2.45, 2.75) is 54.6 Å². The number of nitrogens with zero attached hydrogens (tertiary/aromatic N) is 1. The van der Waals surface area contributed by atoms with Gasteiger partial charge in [-0.05, 0) is 75.4 Å². The Morgan fingerprint density at radius 3 is 2.30 bits per heavy atom. The average Bonchev–Trinajstić information content (AvgIpc) is 3.06. The van der Waals surface area contributed by atoms with E-state index in [0.717, 1.165) is 39.2 Å². The first-order valence-electron chi connectivity index (χ1n) is 11.2. The monoisotopic (exact) mass is 447 g/mol. The van der Waals surface area contributed by atoms with Crippen molar-refractivity contribution in [3.05, 3.63) is 87.2 Å². The molecule has 3 aromatic rings. The first-order valence-corrected chi connectivity index (χ1v) is 11.2. The Morgan fingerprint density at radius 2 is 1.64 bits per heavy atom. The van der Waals surface area contributed by atoms with E-state index < -0.39 is 0 Å². The van der Waals surface area contributed by atoms with Crippen molar-refractivity contribution < 1.29 is 14.3 Å². The molecule has 3 rings (SSSR count). The van der Waals surface area contributed by atoms with Crippen LogP contribution in [0.2, 0.25) is 0 Å². The van der Waals surface area contributed by atoms with Gasteiger partial charge in [0.2, 0.25) is 0 Å². The third-order valence-electron chi connectivity index (χ3n) is 6.05. The van der Waals surface area contributed by atoms with Gasteiger partial charge in [-0.3, -0.25) is 0 Å². The van der Waals surface area contributed by atoms with E-state index in [9.17, 15) is 9.59 Å². The van der Waals surface area contributed by atoms with Crippen molar-refractivity contribution in [3.8, 4) is 0 Å². The maximum Gasteiger partial charge on any atom is 0.355 e. The molecule has 2 N–H and O–H groups in total. The molecule has 0 bridgehead atoms. The Kier molecular flexibility index (Phi) is 7.59. The van der Waals surface area contributed by atoms with Crippen LogP contribution in [0.1, 0.15) is 56.5 Å². The summed E-state index contributed by atoms with van der Waals surface area (Å²) in [5, 5.41) is 3.08. The molecule has 1 aromatic heterocycles. The predicted octanol–water partition coefficient (Wildman–Crippen LogP) is 5.97. The summed E-state index contributed by atoms with van der Waals surface area (Å²) in [6.45, 7) is 12.8. The van der Waals surface area contributed by atoms with Gasteiger partial charge in [-0.15, -0.1) is 0 Å². The second kappa shape index (κ2) is 10.4. The smallest absolute Gasteiger partial charge is 0.355 e. The molecule has 0 saturated carbocycles. The van der Waals surface area contributed by atoms with Crippen LogP contribution in [0.15, 0.2) is 42.5 Å². The molecule has 6 nitrogen and oxygen atoms in total. The normalized spacial score (nSPS) is 10.7. The second-order valence-corrected chi connectivity index (χ2v) is 8.47. The molecule has 0 aliphatic heterocycles. The molecule has 2 aromatic carbocycles. The average molecular weight is 448 g/mol. The number of benzene rings is 2. The van der Waals surface area contributed by atoms with Crippen LogP contribution in [0.3, 0.4) is 0 Å². The van der Waals surface area contributed by atoms with Crippen molar-refractivity contribution in [2.24, 2.45) is 0 Å². The van der Waals surface area contributed by atoms with Gasteiger partial charge in [0.05, 0.1) is 6.61 Å². The number of aromatic nitrogens is 1. The molecule has 0 spiro atoms. The minimum Gasteiger partial charge on any atom is -0.461 e. The summed E-state index contributed by atoms with van der Waals surface area (Å²) in [5.41, 5.74) is 8.17. The van der Waals surface area contributed by atoms with E-state index in [1.807, 2.05) is 77.1 Å². The van der Waals surface area contributed by atoms with Gasteiger partial charge in [-0.25, -0.2) is 9.59 Å². The van der Waals surface area contributed by atoms with E-state index in [2.05, 4.69) is 10.3 Å². The number of aromatic amines is 1. The molecule has 0 radical (unpaired) electrons. The van der Waals surface area contributed by atoms with E-state index in [4.69, 9.17) is 4.74 Å². The van der Waals surface area contributed by atoms with Gasteiger partial charge in [0.15, 0.2) is 0 Å². The molecule has 2 amide bonds. The SMILES string of the molecule is CCOC(=O)c1[nH]c(C)c(CN(Cc2ccc(C)cc2)C(=O)Nc2cccc(C)c2C)c1C. The molecular weight excluding hydrogens is 414 g/mol. The van der Waals surface area contributed by atoms with Gasteiger partial charge in [-0.2, -0.15) is 0 Å². The van der Waals surface area contributed by atoms with Crippen molar-refractivity contribution in [1.29, 1.82) is 0 Å². The van der Waals surface area contributed by atoms with Crippen LogP contribution in [0, 0.1) is 34.6 Å². The van der Waals surface area contributed by atoms with Crippen LogP contribution in [0.4, 0.5) is 10.5 Å². The Bertz CT molecular complexity index is 1150. The lowest BCUT2D eigenvalue weighted by atomic mass is 10.1. The van der Waals surface area contributed by atoms with E-state index in [0.29, 0.717) is 25.4 Å². The van der Waals surface area contributed by atoms with Crippen LogP contribution in [-0.4, -0.2) is 28.5 Å². The third kappa shape index (κ3) is 5.64. The van der Waals surface area contributed by atoms with Gasteiger partial charge in [0.25, 0.3) is 0 Å². The summed E-state index contributed by atoms with van der Waals surface area (Å²) >= 11 is 0. The first kappa shape index (κ1) is 24.1. The minimum absolute atomic E-state index is 0.193. The number of carbonyl (C=O) groups excluding carboxylic acids is 2. The van der Waals surface area contributed by atoms with Crippen LogP contribution >= 0.6 is 0 Å². The number of amides is 2. The first-order chi connectivity index (χ1) is 15.7. The largest absolute Gasteiger partial charge is 0.461 e. The molecule has 0 fully saturated rings. The van der Waals surface area contributed by atoms with E-state index in [-0.39, 0.29) is 12.0 Å². The fourth-order valence-electron chi connectivity index (χ4n) is 3.82. The molecule has 6 heteroatoms. The molecule has 1 heterocycles. The lowest BCUT2D eigenvalue weighted by Gasteiger charge is -2.25. The standard InChI is InChI=1S/C27H33N3O3/c1-7-33-26(31)25-20(5)23(21(6)28-25)16-30(15-22-13-11-17(2)12-14-22)27(32)29-24-10-8-9-18(3)19(24)4/h8-14,28H,7,15-16H2,1-6H3,(H,29,32). The highest BCUT2D eigenvalue weighted by Gasteiger charge is 2.23. The molecule has 0 atom stereocenters. The van der Waals surface area contributed by atoms with Gasteiger partial charge in [0, 0.05) is 24.5 Å². The Morgan fingerprint density at radius 1 is 0.939 bits per heavy atom. The highest BCUT2D eigenvalue weighted by molar-refractivity contribution is 5.91. The maximum absolute atomic E-state index is 13.4. The summed E-state index contributed by atoms with van der Waals surface area (Å²) in [7, 11) is 0. The number of aryl methyl sites for hydroxylation is 3. The van der Waals surface area contributed by atoms with Gasteiger partial charge >= 0.3 is 12.0 Å². The zero-order valence-corrected chi connectivity index (χ0v) is 20.3. The number of hydrogen-bond acceptors (Lipinski definition) is 3. The van der Waals surface area contributed by atoms with Crippen LogP contribution in [-0.2, 0) is 17.8 Å². The maximum atomic E-state index is 13.4. The highest BCUT2D eigenvalue weighted by Crippen LogP contribution is 2.24. The molecule has 0 saturated heterocycles. The summed E-state index contributed by atoms with van der Waals surface area (Å²) in [5.74, 6) is -0.380. The highest BCUT2D eigenvalue weighted by atomic mass is 16.5. The van der Waals surface area contributed by atoms with Crippen LogP contribution < -0.4 is 5.32 Å². The number of esters is 1. The third-order valence-corrected chi connectivity index (χ3v) is 6.05. The lowest BCUT2D eigenvalue weighted by molar-refractivity contribution is 0.0519. The zero-order valence-electron chi connectivity index (χ0n) is 20.3. The number of urea groups is 1. The van der Waals surface area contributed by atoms with Crippen molar-refractivity contribution in [3.63, 3.8) is 0 Å². The molecule has 0 aliphatic rings. The number of anilines is 1. The van der Waals surface area contributed by atoms with Crippen molar-refractivity contribution in [2.75, 3.05) is 11.9 Å². The fraction of sp³-hybridized carbons (Fsp3) is 0.333. The molecule has 33 heavy (non-hydrogen) atoms. The summed E-state index contributed by atoms with van der Waals surface area (Å²) in [6.07, 6.45) is 0. The summed E-state index contributed by atoms with van der Waals surface area (Å²) in [6, 6.07) is 13.8. The van der Waals surface area contributed by atoms with Crippen molar-refractivity contribution >= 4 is 17.7 Å². The van der Waals surface area contributed by atoms with E-state index in [1.165, 1.54) is 5.56 Å². The topological polar surface area (TPSA) is 74.4 Å². The Labute approximate surface area is 196 Å². The van der Waals surface area contributed by atoms with Gasteiger partial charge in [0.1, 0.15) is 5.69 Å². The van der Waals surface area contributed by atoms with Crippen LogP contribution in [0.25, 0.3) is 0 Å². The number of H-pyrrole nitrogens is 1. The van der Waals surface area contributed by atoms with Crippen molar-refractivity contribution in [1.82, 2.24) is 9.88 Å². The number of hydrogen-bond donors (Lipinski definition) is 2. The minimum atomic E-state index is -0.380. The van der Waals surface area contributed by atoms with Gasteiger partial charge in [-0.1, -0.05) is 42.0 Å². The second-order valence-electron chi connectivity index (χ2n) is 8.47. The Hall–Kier alpha value is -3.54. The lowest BCUT2D eigenvalue weighted by Crippen LogP contribution is -2.34. The number of nitrogens with one attached hydrogen (secondary N) is 2. The predicted molar refractivity (Wildman–Crippen MR) is 132 cm³/mol. The molecule has 0 aliphatic carbocycles. The van der Waals surface area contributed by atoms with Gasteiger partial charge < -0.3 is 19.9 Å². The summed E-state index contributed by atoms with van der Waals surface area (Å²) < 4.78 is 5.18. The van der Waals surface area contributed by atoms with E-state index in [1.54, 1.807) is 11.8 Å². The number of rotatable bonds is 7. The molecular formula is C27H33N3O3. The zero-order chi connectivity index (χ0) is 24.1. The van der Waals surface area contributed by atoms with Crippen LogP contribution in [0.5, 0.6) is 0 Å². The fourth-order valence-corrected chi connectivity index (χ4v) is 3.82. The molecule has 0 unspecified atom stereocenters. The number of carbonyl (C=O) groups is 2. The Balaban J connectivity index is 1.92. The number of ether oxygens (including phenoxy) is 1. The quantitative estimate of drug-likeness (QED) is 0.438.